The van der Waals surface area contributed by atoms with E-state index in [0.717, 1.165) is 19.5 Å². The average molecular weight is 243 g/mol. The first-order valence-electron chi connectivity index (χ1n) is 6.52. The van der Waals surface area contributed by atoms with Crippen LogP contribution in [0.15, 0.2) is 49.1 Å². The summed E-state index contributed by atoms with van der Waals surface area (Å²) in [6.07, 6.45) is 9.60. The van der Waals surface area contributed by atoms with Gasteiger partial charge in [-0.05, 0) is 11.1 Å². The largest absolute Gasteiger partial charge is 0.325 e. The van der Waals surface area contributed by atoms with Gasteiger partial charge in [0, 0.05) is 30.7 Å². The Balaban J connectivity index is 2.15. The number of aromatic nitrogens is 2. The van der Waals surface area contributed by atoms with E-state index in [1.54, 1.807) is 0 Å². The summed E-state index contributed by atoms with van der Waals surface area (Å²) in [6, 6.07) is 8.60. The molecule has 0 aliphatic carbocycles. The van der Waals surface area contributed by atoms with E-state index in [2.05, 4.69) is 65.1 Å². The second-order valence-electron chi connectivity index (χ2n) is 4.44. The van der Waals surface area contributed by atoms with E-state index in [-0.39, 0.29) is 0 Å². The van der Waals surface area contributed by atoms with E-state index in [1.165, 1.54) is 11.1 Å². The zero-order valence-corrected chi connectivity index (χ0v) is 10.9. The van der Waals surface area contributed by atoms with Crippen LogP contribution in [-0.2, 0) is 13.1 Å². The number of pyridine rings is 2. The van der Waals surface area contributed by atoms with Crippen molar-refractivity contribution in [1.29, 1.82) is 0 Å². The van der Waals surface area contributed by atoms with Gasteiger partial charge in [-0.15, -0.1) is 0 Å². The molecule has 2 N–H and O–H groups in total. The Bertz CT molecular complexity index is 427. The second kappa shape index (κ2) is 6.26. The van der Waals surface area contributed by atoms with Crippen LogP contribution in [0, 0.1) is 0 Å². The molecule has 0 saturated heterocycles. The Labute approximate surface area is 109 Å². The highest BCUT2D eigenvalue weighted by Crippen LogP contribution is 2.15. The van der Waals surface area contributed by atoms with Gasteiger partial charge in [0.15, 0.2) is 31.3 Å². The molecule has 2 aromatic heterocycles. The minimum absolute atomic E-state index is 0.673. The molecule has 3 heteroatoms. The van der Waals surface area contributed by atoms with Crippen LogP contribution in [0.2, 0.25) is 0 Å². The van der Waals surface area contributed by atoms with Crippen LogP contribution in [0.3, 0.4) is 0 Å². The smallest absolute Gasteiger partial charge is 0.169 e. The highest BCUT2D eigenvalue weighted by molar-refractivity contribution is 5.60. The molecule has 2 heterocycles. The summed E-state index contributed by atoms with van der Waals surface area (Å²) in [5.74, 6) is 0. The molecular weight excluding hydrogens is 222 g/mol. The lowest BCUT2D eigenvalue weighted by Crippen LogP contribution is -2.36. The molecule has 0 fully saturated rings. The van der Waals surface area contributed by atoms with E-state index in [0.29, 0.717) is 6.54 Å². The average Bonchev–Trinajstić information content (AvgIpc) is 2.41. The van der Waals surface area contributed by atoms with E-state index in [9.17, 15) is 0 Å². The molecular formula is C15H21N3+2. The number of aryl methyl sites for hydroxylation is 1. The third-order valence-electron chi connectivity index (χ3n) is 2.98. The molecule has 0 aliphatic heterocycles. The first-order chi connectivity index (χ1) is 8.83. The van der Waals surface area contributed by atoms with Crippen molar-refractivity contribution in [3.05, 3.63) is 49.1 Å². The lowest BCUT2D eigenvalue weighted by molar-refractivity contribution is -0.696. The molecule has 0 amide bonds. The number of hydrogen-bond donors (Lipinski definition) is 1. The van der Waals surface area contributed by atoms with Crippen LogP contribution in [0.25, 0.3) is 11.1 Å². The molecule has 0 unspecified atom stereocenters. The molecule has 0 saturated carbocycles. The molecule has 0 aliphatic rings. The highest BCUT2D eigenvalue weighted by Gasteiger charge is 2.04. The Hall–Kier alpha value is -1.74. The van der Waals surface area contributed by atoms with Gasteiger partial charge in [-0.1, -0.05) is 6.92 Å². The fraction of sp³-hybridized carbons (Fsp3) is 0.333. The topological polar surface area (TPSA) is 33.8 Å². The molecule has 0 aromatic carbocycles. The minimum Gasteiger partial charge on any atom is -0.325 e. The van der Waals surface area contributed by atoms with Gasteiger partial charge in [0.2, 0.25) is 0 Å². The molecule has 0 spiro atoms. The van der Waals surface area contributed by atoms with Crippen molar-refractivity contribution in [2.75, 3.05) is 6.54 Å². The first kappa shape index (κ1) is 12.7. The Morgan fingerprint density at radius 1 is 0.833 bits per heavy atom. The second-order valence-corrected chi connectivity index (χ2v) is 4.44. The van der Waals surface area contributed by atoms with Crippen molar-refractivity contribution in [1.82, 2.24) is 0 Å². The minimum atomic E-state index is 0.673. The van der Waals surface area contributed by atoms with Gasteiger partial charge in [0.25, 0.3) is 0 Å². The summed E-state index contributed by atoms with van der Waals surface area (Å²) in [5.41, 5.74) is 8.03. The van der Waals surface area contributed by atoms with E-state index in [4.69, 9.17) is 5.73 Å². The number of rotatable bonds is 5. The first-order valence-corrected chi connectivity index (χ1v) is 6.52. The lowest BCUT2D eigenvalue weighted by atomic mass is 10.1. The third-order valence-corrected chi connectivity index (χ3v) is 2.98. The predicted molar refractivity (Wildman–Crippen MR) is 71.6 cm³/mol. The summed E-state index contributed by atoms with van der Waals surface area (Å²) in [7, 11) is 0. The summed E-state index contributed by atoms with van der Waals surface area (Å²) < 4.78 is 4.31. The molecule has 0 bridgehead atoms. The Morgan fingerprint density at radius 2 is 1.28 bits per heavy atom. The molecule has 2 rings (SSSR count). The van der Waals surface area contributed by atoms with E-state index >= 15 is 0 Å². The van der Waals surface area contributed by atoms with Gasteiger partial charge in [0.05, 0.1) is 6.54 Å². The Kier molecular flexibility index (Phi) is 4.42. The zero-order chi connectivity index (χ0) is 12.8. The van der Waals surface area contributed by atoms with Crippen LogP contribution in [0.4, 0.5) is 0 Å². The summed E-state index contributed by atoms with van der Waals surface area (Å²) >= 11 is 0. The quantitative estimate of drug-likeness (QED) is 0.789. The van der Waals surface area contributed by atoms with E-state index < -0.39 is 0 Å². The molecule has 94 valence electrons. The summed E-state index contributed by atoms with van der Waals surface area (Å²) in [5, 5.41) is 0. The van der Waals surface area contributed by atoms with Crippen LogP contribution in [0.1, 0.15) is 13.3 Å². The number of nitrogens with two attached hydrogens (primary N) is 1. The van der Waals surface area contributed by atoms with Gasteiger partial charge in [-0.2, -0.15) is 0 Å². The maximum atomic E-state index is 5.53. The molecule has 0 atom stereocenters. The molecule has 2 aromatic rings. The van der Waals surface area contributed by atoms with Crippen LogP contribution < -0.4 is 14.9 Å². The number of nitrogens with zero attached hydrogens (tertiary/aromatic N) is 2. The number of hydrogen-bond acceptors (Lipinski definition) is 1. The highest BCUT2D eigenvalue weighted by atomic mass is 14.9. The van der Waals surface area contributed by atoms with Crippen molar-refractivity contribution < 1.29 is 9.13 Å². The van der Waals surface area contributed by atoms with Crippen molar-refractivity contribution in [2.24, 2.45) is 5.73 Å². The van der Waals surface area contributed by atoms with Crippen molar-refractivity contribution >= 4 is 0 Å². The van der Waals surface area contributed by atoms with Gasteiger partial charge in [-0.25, -0.2) is 9.13 Å². The monoisotopic (exact) mass is 243 g/mol. The van der Waals surface area contributed by atoms with Crippen molar-refractivity contribution in [3.8, 4) is 11.1 Å². The molecule has 0 radical (unpaired) electrons. The van der Waals surface area contributed by atoms with Gasteiger partial charge in [0.1, 0.15) is 6.54 Å². The van der Waals surface area contributed by atoms with Gasteiger partial charge >= 0.3 is 0 Å². The van der Waals surface area contributed by atoms with Crippen molar-refractivity contribution in [3.63, 3.8) is 0 Å². The summed E-state index contributed by atoms with van der Waals surface area (Å²) in [4.78, 5) is 0. The summed E-state index contributed by atoms with van der Waals surface area (Å²) in [6.45, 7) is 4.80. The van der Waals surface area contributed by atoms with Gasteiger partial charge in [-0.3, -0.25) is 0 Å². The maximum Gasteiger partial charge on any atom is 0.169 e. The van der Waals surface area contributed by atoms with Crippen LogP contribution in [-0.4, -0.2) is 6.54 Å². The lowest BCUT2D eigenvalue weighted by Gasteiger charge is -2.00. The standard InChI is InChI=1S/C15H21N3/c1-2-8-17-9-3-14(4-10-17)15-5-11-18(12-6-15)13-7-16/h3-6,9-12H,2,7-8,13,16H2,1H3/q+2. The maximum absolute atomic E-state index is 5.53. The predicted octanol–water partition coefficient (Wildman–Crippen LogP) is 1.30. The van der Waals surface area contributed by atoms with Crippen molar-refractivity contribution in [2.45, 2.75) is 26.4 Å². The third kappa shape index (κ3) is 3.14. The Morgan fingerprint density at radius 3 is 1.67 bits per heavy atom. The molecule has 3 nitrogen and oxygen atoms in total. The molecule has 18 heavy (non-hydrogen) atoms. The SMILES string of the molecule is CCC[n+]1ccc(-c2cc[n+](CCN)cc2)cc1. The normalized spacial score (nSPS) is 10.6. The van der Waals surface area contributed by atoms with Crippen LogP contribution >= 0.6 is 0 Å². The van der Waals surface area contributed by atoms with Gasteiger partial charge < -0.3 is 5.73 Å². The zero-order valence-electron chi connectivity index (χ0n) is 10.9. The van der Waals surface area contributed by atoms with Crippen LogP contribution in [0.5, 0.6) is 0 Å². The fourth-order valence-electron chi connectivity index (χ4n) is 2.00. The van der Waals surface area contributed by atoms with E-state index in [1.807, 2.05) is 0 Å². The fourth-order valence-corrected chi connectivity index (χ4v) is 2.00.